The maximum absolute atomic E-state index is 12.4. The van der Waals surface area contributed by atoms with Crippen LogP contribution in [0.5, 0.6) is 5.75 Å². The molecule has 2 aromatic rings. The summed E-state index contributed by atoms with van der Waals surface area (Å²) in [6.07, 6.45) is 0.118. The summed E-state index contributed by atoms with van der Waals surface area (Å²) in [5.41, 5.74) is 4.10. The number of para-hydroxylation sites is 1. The highest BCUT2D eigenvalue weighted by atomic mass is 16.5. The summed E-state index contributed by atoms with van der Waals surface area (Å²) in [4.78, 5) is 12.4. The second-order valence-electron chi connectivity index (χ2n) is 5.65. The molecule has 0 bridgehead atoms. The lowest BCUT2D eigenvalue weighted by atomic mass is 10.1. The van der Waals surface area contributed by atoms with Crippen LogP contribution in [0, 0.1) is 20.8 Å². The lowest BCUT2D eigenvalue weighted by Gasteiger charge is -2.19. The molecule has 0 spiro atoms. The summed E-state index contributed by atoms with van der Waals surface area (Å²) in [6, 6.07) is 13.7. The standard InChI is InChI=1S/C19H23NO2/c1-5-17(22-18-9-7-6-8-15(18)4)19(21)20-16-11-13(2)10-14(3)12-16/h6-12,17H,5H2,1-4H3,(H,20,21)/t17-/m0/s1. The van der Waals surface area contributed by atoms with Gasteiger partial charge in [-0.3, -0.25) is 4.79 Å². The molecule has 116 valence electrons. The Hall–Kier alpha value is -2.29. The molecule has 22 heavy (non-hydrogen) atoms. The van der Waals surface area contributed by atoms with Crippen molar-refractivity contribution in [1.82, 2.24) is 0 Å². The van der Waals surface area contributed by atoms with E-state index >= 15 is 0 Å². The van der Waals surface area contributed by atoms with Gasteiger partial charge in [0.15, 0.2) is 6.10 Å². The van der Waals surface area contributed by atoms with E-state index in [2.05, 4.69) is 11.4 Å². The first-order valence-corrected chi connectivity index (χ1v) is 7.61. The Morgan fingerprint density at radius 2 is 1.73 bits per heavy atom. The Balaban J connectivity index is 2.10. The van der Waals surface area contributed by atoms with Crippen LogP contribution in [0.2, 0.25) is 0 Å². The highest BCUT2D eigenvalue weighted by Gasteiger charge is 2.19. The molecule has 3 heteroatoms. The van der Waals surface area contributed by atoms with Crippen molar-refractivity contribution in [2.45, 2.75) is 40.2 Å². The molecule has 1 N–H and O–H groups in total. The zero-order chi connectivity index (χ0) is 16.1. The summed E-state index contributed by atoms with van der Waals surface area (Å²) >= 11 is 0. The van der Waals surface area contributed by atoms with E-state index in [1.165, 1.54) is 0 Å². The third kappa shape index (κ3) is 4.10. The predicted octanol–water partition coefficient (Wildman–Crippen LogP) is 4.41. The topological polar surface area (TPSA) is 38.3 Å². The van der Waals surface area contributed by atoms with E-state index in [0.717, 1.165) is 28.1 Å². The quantitative estimate of drug-likeness (QED) is 0.888. The molecule has 3 nitrogen and oxygen atoms in total. The molecule has 0 saturated heterocycles. The van der Waals surface area contributed by atoms with Gasteiger partial charge in [0.1, 0.15) is 5.75 Å². The average Bonchev–Trinajstić information content (AvgIpc) is 2.45. The molecule has 0 heterocycles. The molecular weight excluding hydrogens is 274 g/mol. The van der Waals surface area contributed by atoms with Crippen molar-refractivity contribution >= 4 is 11.6 Å². The van der Waals surface area contributed by atoms with Gasteiger partial charge in [0.05, 0.1) is 0 Å². The van der Waals surface area contributed by atoms with Crippen LogP contribution in [0.1, 0.15) is 30.0 Å². The van der Waals surface area contributed by atoms with Gasteiger partial charge < -0.3 is 10.1 Å². The first-order chi connectivity index (χ1) is 10.5. The second-order valence-corrected chi connectivity index (χ2v) is 5.65. The number of benzene rings is 2. The number of nitrogens with one attached hydrogen (secondary N) is 1. The largest absolute Gasteiger partial charge is 0.480 e. The zero-order valence-electron chi connectivity index (χ0n) is 13.6. The molecule has 2 aromatic carbocycles. The lowest BCUT2D eigenvalue weighted by molar-refractivity contribution is -0.122. The fourth-order valence-electron chi connectivity index (χ4n) is 2.43. The summed E-state index contributed by atoms with van der Waals surface area (Å²) < 4.78 is 5.88. The maximum atomic E-state index is 12.4. The molecule has 0 aliphatic heterocycles. The number of carbonyl (C=O) groups excluding carboxylic acids is 1. The first-order valence-electron chi connectivity index (χ1n) is 7.61. The van der Waals surface area contributed by atoms with E-state index in [1.54, 1.807) is 0 Å². The molecular formula is C19H23NO2. The first kappa shape index (κ1) is 16.1. The molecule has 0 aromatic heterocycles. The molecule has 0 aliphatic rings. The highest BCUT2D eigenvalue weighted by Crippen LogP contribution is 2.20. The van der Waals surface area contributed by atoms with Gasteiger partial charge in [-0.1, -0.05) is 31.2 Å². The fourth-order valence-corrected chi connectivity index (χ4v) is 2.43. The van der Waals surface area contributed by atoms with Gasteiger partial charge in [0.25, 0.3) is 5.91 Å². The van der Waals surface area contributed by atoms with E-state index in [1.807, 2.05) is 64.1 Å². The minimum atomic E-state index is -0.498. The number of hydrogen-bond donors (Lipinski definition) is 1. The highest BCUT2D eigenvalue weighted by molar-refractivity contribution is 5.94. The normalized spacial score (nSPS) is 11.8. The number of ether oxygens (including phenoxy) is 1. The van der Waals surface area contributed by atoms with Crippen molar-refractivity contribution in [1.29, 1.82) is 0 Å². The minimum Gasteiger partial charge on any atom is -0.480 e. The minimum absolute atomic E-state index is 0.115. The van der Waals surface area contributed by atoms with Gasteiger partial charge in [-0.25, -0.2) is 0 Å². The van der Waals surface area contributed by atoms with Crippen LogP contribution in [0.25, 0.3) is 0 Å². The average molecular weight is 297 g/mol. The predicted molar refractivity (Wildman–Crippen MR) is 90.4 cm³/mol. The van der Waals surface area contributed by atoms with Crippen LogP contribution in [0.3, 0.4) is 0 Å². The number of hydrogen-bond acceptors (Lipinski definition) is 2. The van der Waals surface area contributed by atoms with Gasteiger partial charge in [-0.15, -0.1) is 0 Å². The van der Waals surface area contributed by atoms with E-state index in [4.69, 9.17) is 4.74 Å². The number of carbonyl (C=O) groups is 1. The third-order valence-corrected chi connectivity index (χ3v) is 3.52. The molecule has 1 amide bonds. The Morgan fingerprint density at radius 3 is 2.32 bits per heavy atom. The van der Waals surface area contributed by atoms with Gasteiger partial charge in [0.2, 0.25) is 0 Å². The van der Waals surface area contributed by atoms with Gasteiger partial charge >= 0.3 is 0 Å². The van der Waals surface area contributed by atoms with Gasteiger partial charge in [-0.05, 0) is 62.1 Å². The number of aryl methyl sites for hydroxylation is 3. The molecule has 0 saturated carbocycles. The van der Waals surface area contributed by atoms with Crippen LogP contribution >= 0.6 is 0 Å². The molecule has 0 radical (unpaired) electrons. The number of anilines is 1. The summed E-state index contributed by atoms with van der Waals surface area (Å²) in [7, 11) is 0. The summed E-state index contributed by atoms with van der Waals surface area (Å²) in [5, 5.41) is 2.95. The van der Waals surface area contributed by atoms with E-state index in [9.17, 15) is 4.79 Å². The van der Waals surface area contributed by atoms with Gasteiger partial charge in [-0.2, -0.15) is 0 Å². The Morgan fingerprint density at radius 1 is 1.09 bits per heavy atom. The number of rotatable bonds is 5. The maximum Gasteiger partial charge on any atom is 0.265 e. The molecule has 0 unspecified atom stereocenters. The van der Waals surface area contributed by atoms with Crippen LogP contribution in [-0.2, 0) is 4.79 Å². The fraction of sp³-hybridized carbons (Fsp3) is 0.316. The monoisotopic (exact) mass is 297 g/mol. The molecule has 0 aliphatic carbocycles. The lowest BCUT2D eigenvalue weighted by Crippen LogP contribution is -2.32. The second kappa shape index (κ2) is 7.12. The Labute approximate surface area is 132 Å². The molecule has 2 rings (SSSR count). The van der Waals surface area contributed by atoms with E-state index in [-0.39, 0.29) is 5.91 Å². The van der Waals surface area contributed by atoms with Gasteiger partial charge in [0, 0.05) is 5.69 Å². The summed E-state index contributed by atoms with van der Waals surface area (Å²) in [5.74, 6) is 0.640. The molecule has 0 fully saturated rings. The van der Waals surface area contributed by atoms with Crippen molar-refractivity contribution in [2.24, 2.45) is 0 Å². The Bertz CT molecular complexity index is 644. The molecule has 1 atom stereocenters. The smallest absolute Gasteiger partial charge is 0.265 e. The van der Waals surface area contributed by atoms with Crippen molar-refractivity contribution in [3.8, 4) is 5.75 Å². The SMILES string of the molecule is CC[C@H](Oc1ccccc1C)C(=O)Nc1cc(C)cc(C)c1. The van der Waals surface area contributed by atoms with E-state index < -0.39 is 6.10 Å². The Kier molecular flexibility index (Phi) is 5.21. The van der Waals surface area contributed by atoms with Crippen LogP contribution in [-0.4, -0.2) is 12.0 Å². The number of amides is 1. The zero-order valence-corrected chi connectivity index (χ0v) is 13.6. The van der Waals surface area contributed by atoms with Crippen molar-refractivity contribution < 1.29 is 9.53 Å². The van der Waals surface area contributed by atoms with Crippen molar-refractivity contribution in [2.75, 3.05) is 5.32 Å². The van der Waals surface area contributed by atoms with Crippen LogP contribution in [0.15, 0.2) is 42.5 Å². The van der Waals surface area contributed by atoms with Crippen molar-refractivity contribution in [3.63, 3.8) is 0 Å². The van der Waals surface area contributed by atoms with E-state index in [0.29, 0.717) is 6.42 Å². The van der Waals surface area contributed by atoms with Crippen molar-refractivity contribution in [3.05, 3.63) is 59.2 Å². The van der Waals surface area contributed by atoms with Crippen LogP contribution < -0.4 is 10.1 Å². The third-order valence-electron chi connectivity index (χ3n) is 3.52. The summed E-state index contributed by atoms with van der Waals surface area (Å²) in [6.45, 7) is 7.96. The van der Waals surface area contributed by atoms with Crippen LogP contribution in [0.4, 0.5) is 5.69 Å².